The van der Waals surface area contributed by atoms with Crippen molar-refractivity contribution in [2.75, 3.05) is 0 Å². The van der Waals surface area contributed by atoms with Gasteiger partial charge in [0.15, 0.2) is 0 Å². The SMILES string of the molecule is CCC(CC(C)C)NCc1ccccc1F. The van der Waals surface area contributed by atoms with Crippen LogP contribution in [0.15, 0.2) is 24.3 Å². The van der Waals surface area contributed by atoms with Crippen LogP contribution in [0.2, 0.25) is 0 Å². The Morgan fingerprint density at radius 2 is 1.94 bits per heavy atom. The molecule has 1 unspecified atom stereocenters. The summed E-state index contributed by atoms with van der Waals surface area (Å²) >= 11 is 0. The average Bonchev–Trinajstić information content (AvgIpc) is 2.25. The summed E-state index contributed by atoms with van der Waals surface area (Å²) in [6.07, 6.45) is 2.23. The molecule has 0 bridgehead atoms. The average molecular weight is 223 g/mol. The van der Waals surface area contributed by atoms with Crippen molar-refractivity contribution in [1.82, 2.24) is 5.32 Å². The fraction of sp³-hybridized carbons (Fsp3) is 0.571. The van der Waals surface area contributed by atoms with Crippen molar-refractivity contribution in [2.24, 2.45) is 5.92 Å². The van der Waals surface area contributed by atoms with Gasteiger partial charge in [-0.2, -0.15) is 0 Å². The molecule has 0 aliphatic carbocycles. The van der Waals surface area contributed by atoms with Gasteiger partial charge in [-0.05, 0) is 24.8 Å². The molecule has 1 aromatic carbocycles. The number of nitrogens with one attached hydrogen (secondary N) is 1. The summed E-state index contributed by atoms with van der Waals surface area (Å²) in [6.45, 7) is 7.22. The predicted octanol–water partition coefficient (Wildman–Crippen LogP) is 3.74. The van der Waals surface area contributed by atoms with Crippen LogP contribution in [0, 0.1) is 11.7 Å². The lowest BCUT2D eigenvalue weighted by Gasteiger charge is -2.19. The van der Waals surface area contributed by atoms with Gasteiger partial charge in [0.05, 0.1) is 0 Å². The summed E-state index contributed by atoms with van der Waals surface area (Å²) in [5.41, 5.74) is 0.754. The number of hydrogen-bond acceptors (Lipinski definition) is 1. The number of benzene rings is 1. The zero-order chi connectivity index (χ0) is 12.0. The molecule has 0 heterocycles. The first kappa shape index (κ1) is 13.2. The fourth-order valence-electron chi connectivity index (χ4n) is 1.86. The van der Waals surface area contributed by atoms with E-state index in [4.69, 9.17) is 0 Å². The molecule has 0 radical (unpaired) electrons. The van der Waals surface area contributed by atoms with E-state index < -0.39 is 0 Å². The van der Waals surface area contributed by atoms with Crippen molar-refractivity contribution in [3.63, 3.8) is 0 Å². The second-order valence-corrected chi connectivity index (χ2v) is 4.71. The van der Waals surface area contributed by atoms with Gasteiger partial charge in [0.25, 0.3) is 0 Å². The standard InChI is InChI=1S/C14H22FN/c1-4-13(9-11(2)3)16-10-12-7-5-6-8-14(12)15/h5-8,11,13,16H,4,9-10H2,1-3H3. The maximum Gasteiger partial charge on any atom is 0.127 e. The topological polar surface area (TPSA) is 12.0 Å². The maximum absolute atomic E-state index is 13.4. The number of rotatable bonds is 6. The van der Waals surface area contributed by atoms with E-state index in [1.807, 2.05) is 12.1 Å². The molecule has 1 rings (SSSR count). The molecule has 0 fully saturated rings. The minimum absolute atomic E-state index is 0.116. The van der Waals surface area contributed by atoms with Gasteiger partial charge >= 0.3 is 0 Å². The molecule has 0 saturated heterocycles. The van der Waals surface area contributed by atoms with Crippen LogP contribution in [0.1, 0.15) is 39.2 Å². The number of hydrogen-bond donors (Lipinski definition) is 1. The third kappa shape index (κ3) is 4.31. The molecule has 1 N–H and O–H groups in total. The van der Waals surface area contributed by atoms with Crippen LogP contribution in [0.4, 0.5) is 4.39 Å². The van der Waals surface area contributed by atoms with Gasteiger partial charge < -0.3 is 5.32 Å². The Hall–Kier alpha value is -0.890. The highest BCUT2D eigenvalue weighted by Gasteiger charge is 2.09. The van der Waals surface area contributed by atoms with E-state index in [1.54, 1.807) is 6.07 Å². The largest absolute Gasteiger partial charge is 0.310 e. The number of halogens is 1. The fourth-order valence-corrected chi connectivity index (χ4v) is 1.86. The highest BCUT2D eigenvalue weighted by atomic mass is 19.1. The Labute approximate surface area is 98.1 Å². The van der Waals surface area contributed by atoms with Crippen LogP contribution >= 0.6 is 0 Å². The quantitative estimate of drug-likeness (QED) is 0.774. The van der Waals surface area contributed by atoms with E-state index >= 15 is 0 Å². The summed E-state index contributed by atoms with van der Waals surface area (Å²) in [4.78, 5) is 0. The molecular weight excluding hydrogens is 201 g/mol. The Morgan fingerprint density at radius 3 is 2.50 bits per heavy atom. The third-order valence-electron chi connectivity index (χ3n) is 2.79. The molecule has 0 saturated carbocycles. The molecule has 16 heavy (non-hydrogen) atoms. The summed E-state index contributed by atoms with van der Waals surface area (Å²) in [5, 5.41) is 3.42. The lowest BCUT2D eigenvalue weighted by Crippen LogP contribution is -2.29. The Morgan fingerprint density at radius 1 is 1.25 bits per heavy atom. The molecule has 0 aromatic heterocycles. The zero-order valence-electron chi connectivity index (χ0n) is 10.5. The van der Waals surface area contributed by atoms with E-state index in [0.29, 0.717) is 18.5 Å². The minimum Gasteiger partial charge on any atom is -0.310 e. The molecule has 90 valence electrons. The van der Waals surface area contributed by atoms with Gasteiger partial charge in [-0.1, -0.05) is 39.0 Å². The Kier molecular flexibility index (Phi) is 5.47. The van der Waals surface area contributed by atoms with Gasteiger partial charge in [0.2, 0.25) is 0 Å². The summed E-state index contributed by atoms with van der Waals surface area (Å²) in [7, 11) is 0. The van der Waals surface area contributed by atoms with Crippen molar-refractivity contribution >= 4 is 0 Å². The van der Waals surface area contributed by atoms with Gasteiger partial charge in [-0.15, -0.1) is 0 Å². The van der Waals surface area contributed by atoms with Crippen molar-refractivity contribution in [3.8, 4) is 0 Å². The van der Waals surface area contributed by atoms with Crippen LogP contribution in [-0.2, 0) is 6.54 Å². The summed E-state index contributed by atoms with van der Waals surface area (Å²) < 4.78 is 13.4. The van der Waals surface area contributed by atoms with Crippen LogP contribution in [-0.4, -0.2) is 6.04 Å². The van der Waals surface area contributed by atoms with Gasteiger partial charge in [-0.3, -0.25) is 0 Å². The van der Waals surface area contributed by atoms with E-state index in [-0.39, 0.29) is 5.82 Å². The molecule has 0 aliphatic rings. The molecule has 1 aromatic rings. The van der Waals surface area contributed by atoms with Crippen molar-refractivity contribution in [2.45, 2.75) is 46.2 Å². The third-order valence-corrected chi connectivity index (χ3v) is 2.79. The monoisotopic (exact) mass is 223 g/mol. The highest BCUT2D eigenvalue weighted by Crippen LogP contribution is 2.10. The molecule has 1 atom stereocenters. The normalized spacial score (nSPS) is 13.1. The first-order chi connectivity index (χ1) is 7.63. The summed E-state index contributed by atoms with van der Waals surface area (Å²) in [5.74, 6) is 0.562. The van der Waals surface area contributed by atoms with E-state index in [9.17, 15) is 4.39 Å². The second kappa shape index (κ2) is 6.64. The first-order valence-electron chi connectivity index (χ1n) is 6.10. The van der Waals surface area contributed by atoms with Crippen LogP contribution in [0.25, 0.3) is 0 Å². The Bertz CT molecular complexity index is 309. The Balaban J connectivity index is 2.46. The molecular formula is C14H22FN. The smallest absolute Gasteiger partial charge is 0.127 e. The van der Waals surface area contributed by atoms with Crippen molar-refractivity contribution in [3.05, 3.63) is 35.6 Å². The molecule has 0 amide bonds. The van der Waals surface area contributed by atoms with Gasteiger partial charge in [-0.25, -0.2) is 4.39 Å². The van der Waals surface area contributed by atoms with Crippen LogP contribution in [0.3, 0.4) is 0 Å². The highest BCUT2D eigenvalue weighted by molar-refractivity contribution is 5.16. The minimum atomic E-state index is -0.116. The van der Waals surface area contributed by atoms with E-state index in [2.05, 4.69) is 26.1 Å². The van der Waals surface area contributed by atoms with Crippen molar-refractivity contribution in [1.29, 1.82) is 0 Å². The predicted molar refractivity (Wildman–Crippen MR) is 66.8 cm³/mol. The van der Waals surface area contributed by atoms with E-state index in [1.165, 1.54) is 6.07 Å². The first-order valence-corrected chi connectivity index (χ1v) is 6.10. The van der Waals surface area contributed by atoms with Crippen molar-refractivity contribution < 1.29 is 4.39 Å². The molecule has 1 nitrogen and oxygen atoms in total. The van der Waals surface area contributed by atoms with Gasteiger partial charge in [0, 0.05) is 18.2 Å². The van der Waals surface area contributed by atoms with Crippen LogP contribution in [0.5, 0.6) is 0 Å². The second-order valence-electron chi connectivity index (χ2n) is 4.71. The van der Waals surface area contributed by atoms with Gasteiger partial charge in [0.1, 0.15) is 5.82 Å². The molecule has 2 heteroatoms. The van der Waals surface area contributed by atoms with E-state index in [0.717, 1.165) is 18.4 Å². The lowest BCUT2D eigenvalue weighted by molar-refractivity contribution is 0.404. The maximum atomic E-state index is 13.4. The van der Waals surface area contributed by atoms with Crippen LogP contribution < -0.4 is 5.32 Å². The molecule has 0 spiro atoms. The zero-order valence-corrected chi connectivity index (χ0v) is 10.5. The molecule has 0 aliphatic heterocycles. The lowest BCUT2D eigenvalue weighted by atomic mass is 10.0. The summed E-state index contributed by atoms with van der Waals surface area (Å²) in [6, 6.07) is 7.44.